The molecule has 0 aromatic carbocycles. The van der Waals surface area contributed by atoms with Gasteiger partial charge in [-0.2, -0.15) is 0 Å². The molecular weight excluding hydrogens is 318 g/mol. The first-order chi connectivity index (χ1) is 10.0. The van der Waals surface area contributed by atoms with Crippen LogP contribution in [0.2, 0.25) is 0 Å². The van der Waals surface area contributed by atoms with E-state index in [-0.39, 0.29) is 29.2 Å². The van der Waals surface area contributed by atoms with Crippen LogP contribution >= 0.6 is 12.2 Å². The second-order valence-electron chi connectivity index (χ2n) is 4.73. The van der Waals surface area contributed by atoms with E-state index < -0.39 is 9.84 Å². The van der Waals surface area contributed by atoms with Gasteiger partial charge in [0.15, 0.2) is 9.84 Å². The Morgan fingerprint density at radius 2 is 1.86 bits per heavy atom. The van der Waals surface area contributed by atoms with Crippen LogP contribution in [0.15, 0.2) is 0 Å². The van der Waals surface area contributed by atoms with Crippen LogP contribution in [-0.2, 0) is 24.0 Å². The van der Waals surface area contributed by atoms with Gasteiger partial charge in [-0.05, 0) is 24.6 Å². The molecule has 1 saturated heterocycles. The normalized spacial score (nSPS) is 20.3. The Kier molecular flexibility index (Phi) is 9.09. The number of ether oxygens (including phenoxy) is 3. The van der Waals surface area contributed by atoms with Crippen LogP contribution in [0.1, 0.15) is 6.42 Å². The number of aliphatic hydroxyl groups excluding tert-OH is 1. The minimum Gasteiger partial charge on any atom is -0.469 e. The molecule has 0 bridgehead atoms. The van der Waals surface area contributed by atoms with Crippen molar-refractivity contribution in [2.45, 2.75) is 6.42 Å². The molecule has 0 aliphatic carbocycles. The Bertz CT molecular complexity index is 401. The number of aliphatic hydroxyl groups is 1. The summed E-state index contributed by atoms with van der Waals surface area (Å²) in [7, 11) is -2.85. The van der Waals surface area contributed by atoms with Gasteiger partial charge in [-0.1, -0.05) is 0 Å². The van der Waals surface area contributed by atoms with E-state index in [9.17, 15) is 8.42 Å². The third kappa shape index (κ3) is 9.20. The first-order valence-electron chi connectivity index (χ1n) is 6.91. The number of thiocarbonyl (C=S) groups is 1. The number of hydrogen-bond acceptors (Lipinski definition) is 7. The van der Waals surface area contributed by atoms with Gasteiger partial charge in [0.1, 0.15) is 6.61 Å². The molecule has 0 aromatic rings. The number of nitrogens with one attached hydrogen (secondary N) is 1. The van der Waals surface area contributed by atoms with Crippen LogP contribution < -0.4 is 5.32 Å². The highest BCUT2D eigenvalue weighted by molar-refractivity contribution is 7.91. The van der Waals surface area contributed by atoms with Crippen molar-refractivity contribution in [1.82, 2.24) is 5.32 Å². The molecule has 9 heteroatoms. The molecule has 1 rings (SSSR count). The molecular formula is C12H23NO6S2. The summed E-state index contributed by atoms with van der Waals surface area (Å²) in [5.74, 6) is 0.593. The van der Waals surface area contributed by atoms with Gasteiger partial charge in [0.2, 0.25) is 0 Å². The summed E-state index contributed by atoms with van der Waals surface area (Å²) >= 11 is 4.99. The summed E-state index contributed by atoms with van der Waals surface area (Å²) in [5, 5.41) is 11.7. The van der Waals surface area contributed by atoms with Gasteiger partial charge in [0, 0.05) is 6.54 Å². The van der Waals surface area contributed by atoms with Gasteiger partial charge >= 0.3 is 0 Å². The van der Waals surface area contributed by atoms with Gasteiger partial charge in [0.25, 0.3) is 5.17 Å². The van der Waals surface area contributed by atoms with Gasteiger partial charge < -0.3 is 24.6 Å². The van der Waals surface area contributed by atoms with Crippen LogP contribution in [0.25, 0.3) is 0 Å². The Balaban J connectivity index is 1.92. The van der Waals surface area contributed by atoms with E-state index in [1.54, 1.807) is 0 Å². The lowest BCUT2D eigenvalue weighted by Gasteiger charge is -2.12. The lowest BCUT2D eigenvalue weighted by Crippen LogP contribution is -2.31. The molecule has 124 valence electrons. The molecule has 1 fully saturated rings. The monoisotopic (exact) mass is 341 g/mol. The predicted molar refractivity (Wildman–Crippen MR) is 82.0 cm³/mol. The van der Waals surface area contributed by atoms with Gasteiger partial charge in [-0.3, -0.25) is 0 Å². The maximum absolute atomic E-state index is 11.3. The molecule has 0 unspecified atom stereocenters. The smallest absolute Gasteiger partial charge is 0.256 e. The van der Waals surface area contributed by atoms with Gasteiger partial charge in [-0.15, -0.1) is 0 Å². The molecule has 1 aliphatic rings. The Morgan fingerprint density at radius 1 is 1.19 bits per heavy atom. The standard InChI is InChI=1S/C12H23NO6S2/c14-2-3-17-4-5-18-6-7-19-12(20)13-9-11-1-8-21(15,16)10-11/h11,14H,1-10H2,(H,13,20)/t11-/m0/s1. The summed E-state index contributed by atoms with van der Waals surface area (Å²) in [6.45, 7) is 2.42. The lowest BCUT2D eigenvalue weighted by atomic mass is 10.1. The van der Waals surface area contributed by atoms with Crippen molar-refractivity contribution in [3.05, 3.63) is 0 Å². The third-order valence-corrected chi connectivity index (χ3v) is 5.03. The van der Waals surface area contributed by atoms with Crippen LogP contribution in [0.5, 0.6) is 0 Å². The van der Waals surface area contributed by atoms with E-state index in [0.29, 0.717) is 46.0 Å². The van der Waals surface area contributed by atoms with E-state index in [0.717, 1.165) is 0 Å². The fourth-order valence-electron chi connectivity index (χ4n) is 1.89. The zero-order valence-electron chi connectivity index (χ0n) is 12.0. The largest absolute Gasteiger partial charge is 0.469 e. The molecule has 21 heavy (non-hydrogen) atoms. The van der Waals surface area contributed by atoms with E-state index in [4.69, 9.17) is 31.5 Å². The van der Waals surface area contributed by atoms with Crippen molar-refractivity contribution in [3.63, 3.8) is 0 Å². The molecule has 2 N–H and O–H groups in total. The number of sulfone groups is 1. The first kappa shape index (κ1) is 18.6. The fourth-order valence-corrected chi connectivity index (χ4v) is 3.92. The maximum atomic E-state index is 11.3. The molecule has 1 aliphatic heterocycles. The Morgan fingerprint density at radius 3 is 2.48 bits per heavy atom. The maximum Gasteiger partial charge on any atom is 0.256 e. The summed E-state index contributed by atoms with van der Waals surface area (Å²) < 4.78 is 38.1. The van der Waals surface area contributed by atoms with Crippen molar-refractivity contribution in [2.24, 2.45) is 5.92 Å². The second-order valence-corrected chi connectivity index (χ2v) is 7.33. The first-order valence-corrected chi connectivity index (χ1v) is 9.14. The quantitative estimate of drug-likeness (QED) is 0.399. The average molecular weight is 341 g/mol. The third-order valence-electron chi connectivity index (χ3n) is 2.93. The highest BCUT2D eigenvalue weighted by atomic mass is 32.2. The molecule has 7 nitrogen and oxygen atoms in total. The minimum atomic E-state index is -2.85. The molecule has 0 aromatic heterocycles. The summed E-state index contributed by atoms with van der Waals surface area (Å²) in [4.78, 5) is 0. The Hall–Kier alpha value is -0.480. The molecule has 0 radical (unpaired) electrons. The number of hydrogen-bond donors (Lipinski definition) is 2. The summed E-state index contributed by atoms with van der Waals surface area (Å²) in [5.41, 5.74) is 0. The molecule has 1 atom stereocenters. The molecule has 0 saturated carbocycles. The van der Waals surface area contributed by atoms with Crippen molar-refractivity contribution >= 4 is 27.2 Å². The van der Waals surface area contributed by atoms with Gasteiger partial charge in [0.05, 0.1) is 44.5 Å². The Labute approximate surface area is 130 Å². The summed E-state index contributed by atoms with van der Waals surface area (Å²) in [6.07, 6.45) is 0.675. The van der Waals surface area contributed by atoms with Crippen molar-refractivity contribution in [1.29, 1.82) is 0 Å². The molecule has 0 amide bonds. The van der Waals surface area contributed by atoms with Crippen LogP contribution in [0, 0.1) is 5.92 Å². The van der Waals surface area contributed by atoms with Crippen LogP contribution in [-0.4, -0.2) is 76.4 Å². The van der Waals surface area contributed by atoms with Crippen LogP contribution in [0.3, 0.4) is 0 Å². The van der Waals surface area contributed by atoms with E-state index >= 15 is 0 Å². The topological polar surface area (TPSA) is 94.1 Å². The van der Waals surface area contributed by atoms with E-state index in [1.807, 2.05) is 0 Å². The van der Waals surface area contributed by atoms with Crippen molar-refractivity contribution in [2.75, 3.05) is 57.7 Å². The zero-order valence-corrected chi connectivity index (χ0v) is 13.6. The highest BCUT2D eigenvalue weighted by Gasteiger charge is 2.27. The second kappa shape index (κ2) is 10.3. The zero-order chi connectivity index (χ0) is 15.6. The van der Waals surface area contributed by atoms with E-state index in [2.05, 4.69) is 5.32 Å². The van der Waals surface area contributed by atoms with Crippen molar-refractivity contribution in [3.8, 4) is 0 Å². The molecule has 1 heterocycles. The lowest BCUT2D eigenvalue weighted by molar-refractivity contribution is 0.0235. The van der Waals surface area contributed by atoms with Crippen molar-refractivity contribution < 1.29 is 27.7 Å². The van der Waals surface area contributed by atoms with Gasteiger partial charge in [-0.25, -0.2) is 8.42 Å². The van der Waals surface area contributed by atoms with E-state index in [1.165, 1.54) is 0 Å². The predicted octanol–water partition coefficient (Wildman–Crippen LogP) is -0.662. The molecule has 0 spiro atoms. The average Bonchev–Trinajstić information content (AvgIpc) is 2.79. The van der Waals surface area contributed by atoms with Crippen LogP contribution in [0.4, 0.5) is 0 Å². The minimum absolute atomic E-state index is 0.00530. The number of rotatable bonds is 10. The summed E-state index contributed by atoms with van der Waals surface area (Å²) in [6, 6.07) is 0. The highest BCUT2D eigenvalue weighted by Crippen LogP contribution is 2.17. The fraction of sp³-hybridized carbons (Fsp3) is 0.917. The SMILES string of the molecule is O=S1(=O)CC[C@@H](CNC(=S)OCCOCCOCCO)C1.